The molecular formula is C25H38N4O3S. The summed E-state index contributed by atoms with van der Waals surface area (Å²) in [5.41, 5.74) is 2.82. The lowest BCUT2D eigenvalue weighted by Crippen LogP contribution is -2.42. The number of hydrogen-bond donors (Lipinski definition) is 1. The molecule has 33 heavy (non-hydrogen) atoms. The second kappa shape index (κ2) is 11.2. The second-order valence-electron chi connectivity index (χ2n) is 9.85. The molecule has 0 bridgehead atoms. The molecule has 0 unspecified atom stereocenters. The highest BCUT2D eigenvalue weighted by Gasteiger charge is 2.27. The standard InChI is InChI=1S/C25H38N4O3S/c1-7-8-11-26-23-28-27-22(33-23)20-14-17(2)21(18(3)15-20)31-16-19-9-12-29(13-10-19)24(30)32-25(4,5)6/h14-15,19H,7-13,16H2,1-6H3,(H,26,28). The van der Waals surface area contributed by atoms with Gasteiger partial charge in [-0.1, -0.05) is 24.7 Å². The monoisotopic (exact) mass is 474 g/mol. The highest BCUT2D eigenvalue weighted by molar-refractivity contribution is 7.18. The van der Waals surface area contributed by atoms with Crippen LogP contribution in [0.5, 0.6) is 5.75 Å². The summed E-state index contributed by atoms with van der Waals surface area (Å²) in [6.07, 6.45) is 3.91. The van der Waals surface area contributed by atoms with Gasteiger partial charge in [-0.2, -0.15) is 0 Å². The molecule has 1 aromatic heterocycles. The third-order valence-corrected chi connectivity index (χ3v) is 6.60. The van der Waals surface area contributed by atoms with Gasteiger partial charge in [0.05, 0.1) is 6.61 Å². The van der Waals surface area contributed by atoms with Crippen LogP contribution in [0.4, 0.5) is 9.93 Å². The van der Waals surface area contributed by atoms with Crippen molar-refractivity contribution in [2.24, 2.45) is 5.92 Å². The van der Waals surface area contributed by atoms with Crippen molar-refractivity contribution in [1.82, 2.24) is 15.1 Å². The zero-order valence-corrected chi connectivity index (χ0v) is 21.7. The number of likely N-dealkylation sites (tertiary alicyclic amines) is 1. The molecule has 8 heteroatoms. The van der Waals surface area contributed by atoms with Crippen molar-refractivity contribution in [2.45, 2.75) is 72.8 Å². The number of nitrogens with one attached hydrogen (secondary N) is 1. The van der Waals surface area contributed by atoms with Crippen molar-refractivity contribution < 1.29 is 14.3 Å². The fraction of sp³-hybridized carbons (Fsp3) is 0.640. The minimum atomic E-state index is -0.458. The molecule has 1 fully saturated rings. The number of nitrogens with zero attached hydrogens (tertiary/aromatic N) is 3. The van der Waals surface area contributed by atoms with E-state index in [2.05, 4.69) is 48.4 Å². The molecule has 1 aromatic carbocycles. The number of carbonyl (C=O) groups is 1. The molecule has 0 radical (unpaired) electrons. The summed E-state index contributed by atoms with van der Waals surface area (Å²) < 4.78 is 11.8. The number of aromatic nitrogens is 2. The summed E-state index contributed by atoms with van der Waals surface area (Å²) in [6, 6.07) is 4.26. The molecule has 1 saturated heterocycles. The maximum Gasteiger partial charge on any atom is 0.410 e. The van der Waals surface area contributed by atoms with Crippen molar-refractivity contribution >= 4 is 22.6 Å². The van der Waals surface area contributed by atoms with Gasteiger partial charge in [-0.05, 0) is 83.1 Å². The van der Waals surface area contributed by atoms with E-state index in [0.717, 1.165) is 64.8 Å². The number of unbranched alkanes of at least 4 members (excludes halogenated alkanes) is 1. The van der Waals surface area contributed by atoms with Gasteiger partial charge < -0.3 is 19.7 Å². The van der Waals surface area contributed by atoms with E-state index in [9.17, 15) is 4.79 Å². The number of anilines is 1. The average Bonchev–Trinajstić information content (AvgIpc) is 3.21. The van der Waals surface area contributed by atoms with Gasteiger partial charge in [-0.25, -0.2) is 4.79 Å². The molecule has 0 spiro atoms. The number of piperidine rings is 1. The number of ether oxygens (including phenoxy) is 2. The van der Waals surface area contributed by atoms with Crippen molar-refractivity contribution in [1.29, 1.82) is 0 Å². The maximum atomic E-state index is 12.3. The van der Waals surface area contributed by atoms with Gasteiger partial charge in [0.1, 0.15) is 16.4 Å². The van der Waals surface area contributed by atoms with E-state index in [1.54, 1.807) is 16.2 Å². The average molecular weight is 475 g/mol. The van der Waals surface area contributed by atoms with E-state index >= 15 is 0 Å². The molecule has 7 nitrogen and oxygen atoms in total. The molecule has 0 saturated carbocycles. The number of amides is 1. The van der Waals surface area contributed by atoms with Crippen LogP contribution in [0.3, 0.4) is 0 Å². The van der Waals surface area contributed by atoms with Gasteiger partial charge in [-0.15, -0.1) is 10.2 Å². The molecule has 182 valence electrons. The molecule has 1 N–H and O–H groups in total. The fourth-order valence-electron chi connectivity index (χ4n) is 3.89. The van der Waals surface area contributed by atoms with Crippen LogP contribution >= 0.6 is 11.3 Å². The summed E-state index contributed by atoms with van der Waals surface area (Å²) in [5.74, 6) is 1.38. The molecular weight excluding hydrogens is 436 g/mol. The topological polar surface area (TPSA) is 76.6 Å². The molecule has 1 aliphatic heterocycles. The molecule has 1 aliphatic rings. The van der Waals surface area contributed by atoms with Crippen molar-refractivity contribution in [3.05, 3.63) is 23.3 Å². The van der Waals surface area contributed by atoms with E-state index in [4.69, 9.17) is 9.47 Å². The first-order chi connectivity index (χ1) is 15.7. The predicted octanol–water partition coefficient (Wildman–Crippen LogP) is 6.06. The lowest BCUT2D eigenvalue weighted by atomic mass is 9.98. The Morgan fingerprint density at radius 1 is 1.18 bits per heavy atom. The Hall–Kier alpha value is -2.35. The Morgan fingerprint density at radius 2 is 1.85 bits per heavy atom. The van der Waals surface area contributed by atoms with Crippen LogP contribution in [0.2, 0.25) is 0 Å². The summed E-state index contributed by atoms with van der Waals surface area (Å²) >= 11 is 1.58. The zero-order chi connectivity index (χ0) is 24.0. The van der Waals surface area contributed by atoms with Gasteiger partial charge >= 0.3 is 6.09 Å². The maximum absolute atomic E-state index is 12.3. The highest BCUT2D eigenvalue weighted by atomic mass is 32.1. The van der Waals surface area contributed by atoms with Crippen LogP contribution in [0.1, 0.15) is 64.5 Å². The van der Waals surface area contributed by atoms with E-state index in [1.807, 2.05) is 20.8 Å². The van der Waals surface area contributed by atoms with Crippen molar-refractivity contribution in [3.8, 4) is 16.3 Å². The van der Waals surface area contributed by atoms with Crippen LogP contribution in [0, 0.1) is 19.8 Å². The number of hydrogen-bond acceptors (Lipinski definition) is 7. The van der Waals surface area contributed by atoms with E-state index in [0.29, 0.717) is 25.6 Å². The van der Waals surface area contributed by atoms with Crippen LogP contribution < -0.4 is 10.1 Å². The first-order valence-electron chi connectivity index (χ1n) is 12.0. The van der Waals surface area contributed by atoms with Gasteiger partial charge in [0.15, 0.2) is 0 Å². The lowest BCUT2D eigenvalue weighted by Gasteiger charge is -2.33. The minimum Gasteiger partial charge on any atom is -0.493 e. The van der Waals surface area contributed by atoms with Crippen molar-refractivity contribution in [2.75, 3.05) is 31.6 Å². The molecule has 0 atom stereocenters. The Kier molecular flexibility index (Phi) is 8.57. The minimum absolute atomic E-state index is 0.218. The van der Waals surface area contributed by atoms with Crippen LogP contribution in [0.15, 0.2) is 12.1 Å². The summed E-state index contributed by atoms with van der Waals surface area (Å²) in [5, 5.41) is 13.8. The number of aryl methyl sites for hydroxylation is 2. The fourth-order valence-corrected chi connectivity index (χ4v) is 4.65. The SMILES string of the molecule is CCCCNc1nnc(-c2cc(C)c(OCC3CCN(C(=O)OC(C)(C)C)CC3)c(C)c2)s1. The van der Waals surface area contributed by atoms with E-state index in [-0.39, 0.29) is 6.09 Å². The largest absolute Gasteiger partial charge is 0.493 e. The van der Waals surface area contributed by atoms with Crippen LogP contribution in [-0.4, -0.2) is 53.0 Å². The van der Waals surface area contributed by atoms with Crippen molar-refractivity contribution in [3.63, 3.8) is 0 Å². The highest BCUT2D eigenvalue weighted by Crippen LogP contribution is 2.33. The first kappa shape index (κ1) is 25.3. The molecule has 3 rings (SSSR count). The summed E-state index contributed by atoms with van der Waals surface area (Å²) in [6.45, 7) is 15.0. The summed E-state index contributed by atoms with van der Waals surface area (Å²) in [7, 11) is 0. The van der Waals surface area contributed by atoms with E-state index < -0.39 is 5.60 Å². The van der Waals surface area contributed by atoms with Crippen LogP contribution in [-0.2, 0) is 4.74 Å². The zero-order valence-electron chi connectivity index (χ0n) is 20.9. The Morgan fingerprint density at radius 3 is 2.45 bits per heavy atom. The molecule has 2 heterocycles. The lowest BCUT2D eigenvalue weighted by molar-refractivity contribution is 0.0165. The number of benzene rings is 1. The predicted molar refractivity (Wildman–Crippen MR) is 134 cm³/mol. The third kappa shape index (κ3) is 7.32. The Bertz CT molecular complexity index is 907. The van der Waals surface area contributed by atoms with E-state index in [1.165, 1.54) is 0 Å². The Balaban J connectivity index is 1.54. The second-order valence-corrected chi connectivity index (χ2v) is 10.8. The smallest absolute Gasteiger partial charge is 0.410 e. The van der Waals surface area contributed by atoms with Gasteiger partial charge in [0, 0.05) is 25.2 Å². The first-order valence-corrected chi connectivity index (χ1v) is 12.8. The summed E-state index contributed by atoms with van der Waals surface area (Å²) in [4.78, 5) is 14.1. The van der Waals surface area contributed by atoms with Gasteiger partial charge in [0.2, 0.25) is 5.13 Å². The number of rotatable bonds is 8. The number of carbonyl (C=O) groups excluding carboxylic acids is 1. The normalized spacial score (nSPS) is 14.9. The molecule has 1 amide bonds. The molecule has 2 aromatic rings. The third-order valence-electron chi connectivity index (χ3n) is 5.67. The van der Waals surface area contributed by atoms with Gasteiger partial charge in [0.25, 0.3) is 0 Å². The van der Waals surface area contributed by atoms with Crippen LogP contribution in [0.25, 0.3) is 10.6 Å². The molecule has 0 aliphatic carbocycles. The quantitative estimate of drug-likeness (QED) is 0.469. The Labute approximate surface area is 201 Å². The van der Waals surface area contributed by atoms with Gasteiger partial charge in [-0.3, -0.25) is 0 Å².